The standard InChI is InChI=1S/C27H22ClF4NO5/c1-3-33-20-12-17(8-11-21(20)38-13-22(33)34)26(37,27(30,31)32)14(2)15-4-6-16(7-5-15)18-9-10-19(29)23(24(18)28)25(35)36/h4-12,14,37H,3,13H2,1-2H3,(H,35,36). The van der Waals surface area contributed by atoms with E-state index in [2.05, 4.69) is 0 Å². The van der Waals surface area contributed by atoms with E-state index < -0.39 is 46.5 Å². The van der Waals surface area contributed by atoms with Gasteiger partial charge in [0.25, 0.3) is 5.91 Å². The molecule has 0 spiro atoms. The van der Waals surface area contributed by atoms with E-state index in [-0.39, 0.29) is 40.7 Å². The van der Waals surface area contributed by atoms with Crippen molar-refractivity contribution in [3.63, 3.8) is 0 Å². The molecule has 1 aliphatic heterocycles. The van der Waals surface area contributed by atoms with Crippen LogP contribution in [0, 0.1) is 5.82 Å². The minimum atomic E-state index is -5.10. The number of carboxylic acids is 1. The third-order valence-electron chi connectivity index (χ3n) is 6.74. The van der Waals surface area contributed by atoms with Crippen molar-refractivity contribution < 1.29 is 42.1 Å². The molecule has 2 N–H and O–H groups in total. The first kappa shape index (κ1) is 27.4. The highest BCUT2D eigenvalue weighted by Crippen LogP contribution is 2.50. The molecule has 38 heavy (non-hydrogen) atoms. The van der Waals surface area contributed by atoms with Crippen LogP contribution in [0.3, 0.4) is 0 Å². The van der Waals surface area contributed by atoms with Gasteiger partial charge in [-0.3, -0.25) is 4.79 Å². The summed E-state index contributed by atoms with van der Waals surface area (Å²) in [4.78, 5) is 24.9. The molecule has 0 saturated heterocycles. The highest BCUT2D eigenvalue weighted by molar-refractivity contribution is 6.36. The molecule has 0 radical (unpaired) electrons. The van der Waals surface area contributed by atoms with Gasteiger partial charge in [0.2, 0.25) is 0 Å². The first-order valence-corrected chi connectivity index (χ1v) is 11.9. The number of carbonyl (C=O) groups excluding carboxylic acids is 1. The van der Waals surface area contributed by atoms with Crippen LogP contribution < -0.4 is 9.64 Å². The molecule has 0 aliphatic carbocycles. The first-order valence-electron chi connectivity index (χ1n) is 11.5. The smallest absolute Gasteiger partial charge is 0.422 e. The zero-order valence-corrected chi connectivity index (χ0v) is 20.9. The summed E-state index contributed by atoms with van der Waals surface area (Å²) in [5.74, 6) is -4.28. The van der Waals surface area contributed by atoms with Gasteiger partial charge in [0.1, 0.15) is 17.1 Å². The van der Waals surface area contributed by atoms with E-state index >= 15 is 0 Å². The van der Waals surface area contributed by atoms with Crippen molar-refractivity contribution in [2.24, 2.45) is 0 Å². The van der Waals surface area contributed by atoms with Gasteiger partial charge in [-0.05, 0) is 47.9 Å². The van der Waals surface area contributed by atoms with Gasteiger partial charge in [-0.2, -0.15) is 13.2 Å². The topological polar surface area (TPSA) is 87.1 Å². The number of ether oxygens (including phenoxy) is 1. The van der Waals surface area contributed by atoms with E-state index in [0.717, 1.165) is 18.2 Å². The third kappa shape index (κ3) is 4.48. The Morgan fingerprint density at radius 2 is 1.79 bits per heavy atom. The molecule has 0 aromatic heterocycles. The van der Waals surface area contributed by atoms with Gasteiger partial charge in [-0.1, -0.05) is 48.9 Å². The molecule has 3 aromatic rings. The van der Waals surface area contributed by atoms with Gasteiger partial charge in [0.15, 0.2) is 12.2 Å². The van der Waals surface area contributed by atoms with Crippen LogP contribution in [-0.4, -0.2) is 41.4 Å². The summed E-state index contributed by atoms with van der Waals surface area (Å²) in [6.45, 7) is 2.86. The Morgan fingerprint density at radius 3 is 2.37 bits per heavy atom. The lowest BCUT2D eigenvalue weighted by atomic mass is 9.77. The number of halogens is 5. The summed E-state index contributed by atoms with van der Waals surface area (Å²) in [6, 6.07) is 11.2. The van der Waals surface area contributed by atoms with Crippen molar-refractivity contribution in [3.05, 3.63) is 82.1 Å². The number of fused-ring (bicyclic) bond motifs is 1. The Labute approximate surface area is 220 Å². The van der Waals surface area contributed by atoms with E-state index in [1.165, 1.54) is 48.2 Å². The van der Waals surface area contributed by atoms with Crippen LogP contribution in [0.4, 0.5) is 23.2 Å². The van der Waals surface area contributed by atoms with E-state index in [1.54, 1.807) is 6.92 Å². The van der Waals surface area contributed by atoms with Gasteiger partial charge in [0, 0.05) is 18.0 Å². The van der Waals surface area contributed by atoms with E-state index in [4.69, 9.17) is 16.3 Å². The van der Waals surface area contributed by atoms with Crippen molar-refractivity contribution >= 4 is 29.2 Å². The number of aliphatic hydroxyl groups is 1. The maximum absolute atomic E-state index is 14.5. The predicted octanol–water partition coefficient (Wildman–Crippen LogP) is 6.14. The zero-order valence-electron chi connectivity index (χ0n) is 20.1. The summed E-state index contributed by atoms with van der Waals surface area (Å²) in [7, 11) is 0. The van der Waals surface area contributed by atoms with Crippen LogP contribution in [-0.2, 0) is 10.4 Å². The number of nitrogens with zero attached hydrogens (tertiary/aromatic N) is 1. The zero-order chi connectivity index (χ0) is 28.0. The van der Waals surface area contributed by atoms with Crippen LogP contribution >= 0.6 is 11.6 Å². The quantitative estimate of drug-likeness (QED) is 0.359. The number of benzene rings is 3. The molecule has 0 saturated carbocycles. The number of aromatic carboxylic acids is 1. The van der Waals surface area contributed by atoms with Gasteiger partial charge in [-0.25, -0.2) is 9.18 Å². The minimum Gasteiger partial charge on any atom is -0.482 e. The van der Waals surface area contributed by atoms with Crippen molar-refractivity contribution in [1.29, 1.82) is 0 Å². The molecule has 6 nitrogen and oxygen atoms in total. The summed E-state index contributed by atoms with van der Waals surface area (Å²) >= 11 is 6.10. The SMILES string of the molecule is CCN1C(=O)COc2ccc(C(O)(C(C)c3ccc(-c4ccc(F)c(C(=O)O)c4Cl)cc3)C(F)(F)F)cc21. The molecule has 0 bridgehead atoms. The number of anilines is 1. The Balaban J connectivity index is 1.76. The molecular formula is C27H22ClF4NO5. The number of amides is 1. The lowest BCUT2D eigenvalue weighted by molar-refractivity contribution is -0.274. The molecule has 0 fully saturated rings. The van der Waals surface area contributed by atoms with E-state index in [0.29, 0.717) is 5.56 Å². The summed E-state index contributed by atoms with van der Waals surface area (Å²) in [5, 5.41) is 20.1. The number of hydrogen-bond acceptors (Lipinski definition) is 4. The number of rotatable bonds is 6. The van der Waals surface area contributed by atoms with Crippen molar-refractivity contribution in [2.45, 2.75) is 31.5 Å². The predicted molar refractivity (Wildman–Crippen MR) is 132 cm³/mol. The number of carbonyl (C=O) groups is 2. The van der Waals surface area contributed by atoms with Gasteiger partial charge < -0.3 is 19.8 Å². The fourth-order valence-electron chi connectivity index (χ4n) is 4.61. The van der Waals surface area contributed by atoms with Crippen molar-refractivity contribution in [1.82, 2.24) is 0 Å². The lowest BCUT2D eigenvalue weighted by Gasteiger charge is -2.38. The second kappa shape index (κ2) is 9.92. The fourth-order valence-corrected chi connectivity index (χ4v) is 4.95. The maximum atomic E-state index is 14.5. The molecule has 11 heteroatoms. The summed E-state index contributed by atoms with van der Waals surface area (Å²) < 4.78 is 62.7. The molecule has 2 atom stereocenters. The van der Waals surface area contributed by atoms with Crippen LogP contribution in [0.15, 0.2) is 54.6 Å². The second-order valence-corrected chi connectivity index (χ2v) is 9.18. The highest BCUT2D eigenvalue weighted by atomic mass is 35.5. The summed E-state index contributed by atoms with van der Waals surface area (Å²) in [6.07, 6.45) is -5.10. The van der Waals surface area contributed by atoms with Crippen molar-refractivity contribution in [3.8, 4) is 16.9 Å². The number of likely N-dealkylation sites (N-methyl/N-ethyl adjacent to an activating group) is 1. The average molecular weight is 552 g/mol. The average Bonchev–Trinajstić information content (AvgIpc) is 2.86. The molecule has 3 aromatic carbocycles. The normalized spacial score (nSPS) is 15.9. The molecule has 1 heterocycles. The van der Waals surface area contributed by atoms with Crippen LogP contribution in [0.1, 0.15) is 41.3 Å². The maximum Gasteiger partial charge on any atom is 0.422 e. The monoisotopic (exact) mass is 551 g/mol. The van der Waals surface area contributed by atoms with Gasteiger partial charge in [-0.15, -0.1) is 0 Å². The van der Waals surface area contributed by atoms with Crippen LogP contribution in [0.2, 0.25) is 5.02 Å². The Kier molecular flexibility index (Phi) is 7.15. The Morgan fingerprint density at radius 1 is 1.13 bits per heavy atom. The van der Waals surface area contributed by atoms with Gasteiger partial charge >= 0.3 is 12.1 Å². The van der Waals surface area contributed by atoms with Crippen LogP contribution in [0.5, 0.6) is 5.75 Å². The Bertz CT molecular complexity index is 1410. The molecule has 4 rings (SSSR count). The minimum absolute atomic E-state index is 0.114. The lowest BCUT2D eigenvalue weighted by Crippen LogP contribution is -2.47. The second-order valence-electron chi connectivity index (χ2n) is 8.81. The number of hydrogen-bond donors (Lipinski definition) is 2. The fraction of sp³-hybridized carbons (Fsp3) is 0.259. The highest BCUT2D eigenvalue weighted by Gasteiger charge is 2.59. The van der Waals surface area contributed by atoms with Gasteiger partial charge in [0.05, 0.1) is 10.7 Å². The van der Waals surface area contributed by atoms with E-state index in [1.807, 2.05) is 0 Å². The molecule has 2 unspecified atom stereocenters. The van der Waals surface area contributed by atoms with E-state index in [9.17, 15) is 37.4 Å². The van der Waals surface area contributed by atoms with Crippen molar-refractivity contribution in [2.75, 3.05) is 18.1 Å². The Hall–Kier alpha value is -3.63. The number of carboxylic acid groups (broad SMARTS) is 1. The molecule has 200 valence electrons. The molecular weight excluding hydrogens is 530 g/mol. The third-order valence-corrected chi connectivity index (χ3v) is 7.14. The first-order chi connectivity index (χ1) is 17.8. The summed E-state index contributed by atoms with van der Waals surface area (Å²) in [5.41, 5.74) is -3.77. The van der Waals surface area contributed by atoms with Crippen LogP contribution in [0.25, 0.3) is 11.1 Å². The molecule has 1 aliphatic rings. The number of alkyl halides is 3. The largest absolute Gasteiger partial charge is 0.482 e. The molecule has 1 amide bonds.